The molecular weight excluding hydrogens is 188 g/mol. The maximum atomic E-state index is 5.48. The summed E-state index contributed by atoms with van der Waals surface area (Å²) >= 11 is 0. The lowest BCUT2D eigenvalue weighted by molar-refractivity contribution is 0.362. The molecule has 15 heavy (non-hydrogen) atoms. The number of hydrogen-bond donors (Lipinski definition) is 2. The number of likely N-dealkylation sites (N-methyl/N-ethyl adjacent to an activating group) is 1. The highest BCUT2D eigenvalue weighted by atomic mass is 16.3. The largest absolute Gasteiger partial charge is 0.465 e. The van der Waals surface area contributed by atoms with Crippen molar-refractivity contribution in [1.29, 1.82) is 0 Å². The molecule has 0 amide bonds. The van der Waals surface area contributed by atoms with Crippen molar-refractivity contribution < 1.29 is 4.42 Å². The molecule has 1 heterocycles. The molecule has 3 heteroatoms. The Hall–Kier alpha value is -0.800. The lowest BCUT2D eigenvalue weighted by atomic mass is 10.1. The summed E-state index contributed by atoms with van der Waals surface area (Å²) in [6.45, 7) is 11.2. The second kappa shape index (κ2) is 5.33. The van der Waals surface area contributed by atoms with Crippen molar-refractivity contribution in [3.05, 3.63) is 23.7 Å². The van der Waals surface area contributed by atoms with Crippen molar-refractivity contribution in [3.63, 3.8) is 0 Å². The van der Waals surface area contributed by atoms with Crippen LogP contribution in [0.4, 0.5) is 0 Å². The van der Waals surface area contributed by atoms with Crippen molar-refractivity contribution in [2.75, 3.05) is 13.1 Å². The third kappa shape index (κ3) is 4.49. The maximum absolute atomic E-state index is 5.48. The third-order valence-corrected chi connectivity index (χ3v) is 2.32. The highest BCUT2D eigenvalue weighted by Gasteiger charge is 2.14. The minimum atomic E-state index is 0.135. The summed E-state index contributed by atoms with van der Waals surface area (Å²) in [7, 11) is 0. The second-order valence-corrected chi connectivity index (χ2v) is 4.53. The van der Waals surface area contributed by atoms with Crippen LogP contribution in [0.15, 0.2) is 16.5 Å². The average molecular weight is 210 g/mol. The zero-order chi connectivity index (χ0) is 11.3. The highest BCUT2D eigenvalue weighted by molar-refractivity contribution is 5.05. The van der Waals surface area contributed by atoms with Crippen molar-refractivity contribution in [1.82, 2.24) is 10.6 Å². The molecule has 0 aromatic carbocycles. The van der Waals surface area contributed by atoms with Crippen LogP contribution >= 0.6 is 0 Å². The molecule has 1 rings (SSSR count). The molecule has 0 radical (unpaired) electrons. The Morgan fingerprint density at radius 1 is 1.33 bits per heavy atom. The Bertz CT molecular complexity index is 292. The van der Waals surface area contributed by atoms with Gasteiger partial charge in [0.15, 0.2) is 0 Å². The molecule has 1 aromatic heterocycles. The monoisotopic (exact) mass is 210 g/mol. The summed E-state index contributed by atoms with van der Waals surface area (Å²) in [6.07, 6.45) is 0. The summed E-state index contributed by atoms with van der Waals surface area (Å²) in [5.74, 6) is 1.97. The zero-order valence-electron chi connectivity index (χ0n) is 10.2. The van der Waals surface area contributed by atoms with Gasteiger partial charge in [-0.05, 0) is 39.4 Å². The SMILES string of the molecule is CCNC(C)(C)CNCc1ccc(C)o1. The molecule has 0 aliphatic rings. The van der Waals surface area contributed by atoms with Crippen LogP contribution in [-0.4, -0.2) is 18.6 Å². The highest BCUT2D eigenvalue weighted by Crippen LogP contribution is 2.06. The van der Waals surface area contributed by atoms with Gasteiger partial charge >= 0.3 is 0 Å². The molecule has 3 nitrogen and oxygen atoms in total. The fourth-order valence-corrected chi connectivity index (χ4v) is 1.62. The fraction of sp³-hybridized carbons (Fsp3) is 0.667. The van der Waals surface area contributed by atoms with Gasteiger partial charge in [-0.25, -0.2) is 0 Å². The molecule has 0 bridgehead atoms. The van der Waals surface area contributed by atoms with Crippen molar-refractivity contribution in [2.24, 2.45) is 0 Å². The topological polar surface area (TPSA) is 37.2 Å². The second-order valence-electron chi connectivity index (χ2n) is 4.53. The summed E-state index contributed by atoms with van der Waals surface area (Å²) < 4.78 is 5.48. The van der Waals surface area contributed by atoms with Gasteiger partial charge in [0, 0.05) is 12.1 Å². The molecule has 0 saturated heterocycles. The summed E-state index contributed by atoms with van der Waals surface area (Å²) in [5.41, 5.74) is 0.135. The molecule has 86 valence electrons. The minimum Gasteiger partial charge on any atom is -0.465 e. The van der Waals surface area contributed by atoms with E-state index in [9.17, 15) is 0 Å². The van der Waals surface area contributed by atoms with E-state index in [4.69, 9.17) is 4.42 Å². The van der Waals surface area contributed by atoms with E-state index in [0.717, 1.165) is 31.2 Å². The normalized spacial score (nSPS) is 12.0. The van der Waals surface area contributed by atoms with Crippen molar-refractivity contribution in [2.45, 2.75) is 39.8 Å². The number of nitrogens with one attached hydrogen (secondary N) is 2. The molecule has 0 saturated carbocycles. The van der Waals surface area contributed by atoms with E-state index in [1.54, 1.807) is 0 Å². The van der Waals surface area contributed by atoms with Crippen LogP contribution < -0.4 is 10.6 Å². The lowest BCUT2D eigenvalue weighted by Crippen LogP contribution is -2.47. The quantitative estimate of drug-likeness (QED) is 0.754. The van der Waals surface area contributed by atoms with E-state index in [1.807, 2.05) is 19.1 Å². The van der Waals surface area contributed by atoms with Gasteiger partial charge in [0.2, 0.25) is 0 Å². The fourth-order valence-electron chi connectivity index (χ4n) is 1.62. The van der Waals surface area contributed by atoms with Gasteiger partial charge in [-0.1, -0.05) is 6.92 Å². The van der Waals surface area contributed by atoms with Gasteiger partial charge in [0.25, 0.3) is 0 Å². The van der Waals surface area contributed by atoms with Crippen molar-refractivity contribution >= 4 is 0 Å². The van der Waals surface area contributed by atoms with Gasteiger partial charge in [0.05, 0.1) is 6.54 Å². The molecule has 2 N–H and O–H groups in total. The number of aryl methyl sites for hydroxylation is 1. The Kier molecular flexibility index (Phi) is 4.36. The van der Waals surface area contributed by atoms with E-state index < -0.39 is 0 Å². The smallest absolute Gasteiger partial charge is 0.117 e. The van der Waals surface area contributed by atoms with Crippen LogP contribution in [-0.2, 0) is 6.54 Å². The first kappa shape index (κ1) is 12.3. The zero-order valence-corrected chi connectivity index (χ0v) is 10.2. The molecule has 1 aromatic rings. The molecule has 0 fully saturated rings. The lowest BCUT2D eigenvalue weighted by Gasteiger charge is -2.25. The minimum absolute atomic E-state index is 0.135. The maximum Gasteiger partial charge on any atom is 0.117 e. The average Bonchev–Trinajstić information content (AvgIpc) is 2.51. The number of rotatable bonds is 6. The van der Waals surface area contributed by atoms with Crippen molar-refractivity contribution in [3.8, 4) is 0 Å². The van der Waals surface area contributed by atoms with Crippen LogP contribution in [0.25, 0.3) is 0 Å². The Labute approximate surface area is 92.2 Å². The number of hydrogen-bond acceptors (Lipinski definition) is 3. The van der Waals surface area contributed by atoms with E-state index in [0.29, 0.717) is 0 Å². The van der Waals surface area contributed by atoms with E-state index >= 15 is 0 Å². The predicted octanol–water partition coefficient (Wildman–Crippen LogP) is 2.07. The van der Waals surface area contributed by atoms with Crippen LogP contribution in [0, 0.1) is 6.92 Å². The molecule has 0 spiro atoms. The van der Waals surface area contributed by atoms with Gasteiger partial charge in [0.1, 0.15) is 11.5 Å². The predicted molar refractivity (Wildman–Crippen MR) is 62.9 cm³/mol. The molecule has 0 unspecified atom stereocenters. The first-order valence-corrected chi connectivity index (χ1v) is 5.54. The Balaban J connectivity index is 2.27. The Morgan fingerprint density at radius 3 is 2.60 bits per heavy atom. The van der Waals surface area contributed by atoms with Crippen LogP contribution in [0.5, 0.6) is 0 Å². The third-order valence-electron chi connectivity index (χ3n) is 2.32. The van der Waals surface area contributed by atoms with Gasteiger partial charge in [-0.2, -0.15) is 0 Å². The molecule has 0 atom stereocenters. The van der Waals surface area contributed by atoms with Gasteiger partial charge < -0.3 is 15.1 Å². The molecular formula is C12H22N2O. The van der Waals surface area contributed by atoms with Gasteiger partial charge in [-0.3, -0.25) is 0 Å². The Morgan fingerprint density at radius 2 is 2.07 bits per heavy atom. The van der Waals surface area contributed by atoms with E-state index in [2.05, 4.69) is 31.4 Å². The first-order valence-electron chi connectivity index (χ1n) is 5.54. The summed E-state index contributed by atoms with van der Waals surface area (Å²) in [6, 6.07) is 4.01. The first-order chi connectivity index (χ1) is 7.03. The molecule has 0 aliphatic heterocycles. The van der Waals surface area contributed by atoms with Gasteiger partial charge in [-0.15, -0.1) is 0 Å². The van der Waals surface area contributed by atoms with Crippen LogP contribution in [0.2, 0.25) is 0 Å². The van der Waals surface area contributed by atoms with E-state index in [-0.39, 0.29) is 5.54 Å². The van der Waals surface area contributed by atoms with Crippen LogP contribution in [0.1, 0.15) is 32.3 Å². The van der Waals surface area contributed by atoms with E-state index in [1.165, 1.54) is 0 Å². The number of furan rings is 1. The summed E-state index contributed by atoms with van der Waals surface area (Å²) in [4.78, 5) is 0. The van der Waals surface area contributed by atoms with Crippen LogP contribution in [0.3, 0.4) is 0 Å². The molecule has 0 aliphatic carbocycles. The standard InChI is InChI=1S/C12H22N2O/c1-5-14-12(3,4)9-13-8-11-7-6-10(2)15-11/h6-7,13-14H,5,8-9H2,1-4H3. The summed E-state index contributed by atoms with van der Waals surface area (Å²) in [5, 5.41) is 6.80.